The zero-order valence-corrected chi connectivity index (χ0v) is 13.3. The highest BCUT2D eigenvalue weighted by atomic mass is 16.2. The molecule has 1 N–H and O–H groups in total. The van der Waals surface area contributed by atoms with Crippen molar-refractivity contribution in [2.24, 2.45) is 0 Å². The van der Waals surface area contributed by atoms with Crippen LogP contribution in [-0.2, 0) is 4.79 Å². The van der Waals surface area contributed by atoms with Crippen LogP contribution in [0, 0.1) is 13.8 Å². The summed E-state index contributed by atoms with van der Waals surface area (Å²) in [7, 11) is 0. The van der Waals surface area contributed by atoms with Gasteiger partial charge in [0.25, 0.3) is 0 Å². The maximum absolute atomic E-state index is 12.5. The van der Waals surface area contributed by atoms with E-state index >= 15 is 0 Å². The molecule has 0 aliphatic carbocycles. The summed E-state index contributed by atoms with van der Waals surface area (Å²) in [5.41, 5.74) is 5.35. The Morgan fingerprint density at radius 3 is 2.83 bits per heavy atom. The Morgan fingerprint density at radius 2 is 2.00 bits per heavy atom. The molecular formula is C19H19N3O. The first-order valence-corrected chi connectivity index (χ1v) is 7.94. The molecule has 4 heteroatoms. The molecule has 116 valence electrons. The number of imidazole rings is 1. The molecule has 0 saturated carbocycles. The maximum atomic E-state index is 12.5. The molecule has 0 bridgehead atoms. The number of amides is 1. The molecule has 1 aromatic heterocycles. The number of H-pyrrole nitrogens is 1. The fourth-order valence-electron chi connectivity index (χ4n) is 3.33. The summed E-state index contributed by atoms with van der Waals surface area (Å²) in [6.45, 7) is 4.79. The molecule has 1 aliphatic rings. The van der Waals surface area contributed by atoms with E-state index in [1.807, 2.05) is 42.2 Å². The van der Waals surface area contributed by atoms with Crippen molar-refractivity contribution in [1.82, 2.24) is 9.97 Å². The highest BCUT2D eigenvalue weighted by molar-refractivity contribution is 5.97. The Hall–Kier alpha value is -2.62. The van der Waals surface area contributed by atoms with E-state index in [9.17, 15) is 4.79 Å². The van der Waals surface area contributed by atoms with Crippen LogP contribution >= 0.6 is 0 Å². The number of hydrogen-bond donors (Lipinski definition) is 1. The lowest BCUT2D eigenvalue weighted by Crippen LogP contribution is -2.25. The van der Waals surface area contributed by atoms with Gasteiger partial charge >= 0.3 is 0 Å². The number of aryl methyl sites for hydroxylation is 2. The molecular weight excluding hydrogens is 286 g/mol. The smallest absolute Gasteiger partial charge is 0.227 e. The summed E-state index contributed by atoms with van der Waals surface area (Å²) in [5, 5.41) is 0. The van der Waals surface area contributed by atoms with Crippen LogP contribution in [0.4, 0.5) is 5.69 Å². The third-order valence-corrected chi connectivity index (χ3v) is 4.57. The van der Waals surface area contributed by atoms with Crippen molar-refractivity contribution >= 4 is 22.6 Å². The molecule has 1 amide bonds. The molecule has 0 spiro atoms. The molecule has 23 heavy (non-hydrogen) atoms. The van der Waals surface area contributed by atoms with Gasteiger partial charge in [-0.1, -0.05) is 24.3 Å². The number of fused-ring (bicyclic) bond motifs is 1. The van der Waals surface area contributed by atoms with Crippen molar-refractivity contribution in [3.8, 4) is 0 Å². The van der Waals surface area contributed by atoms with E-state index in [2.05, 4.69) is 29.0 Å². The number of nitrogens with zero attached hydrogens (tertiary/aromatic N) is 2. The van der Waals surface area contributed by atoms with Crippen LogP contribution in [0.15, 0.2) is 42.5 Å². The van der Waals surface area contributed by atoms with Gasteiger partial charge in [0.05, 0.1) is 11.0 Å². The number of aromatic amines is 1. The van der Waals surface area contributed by atoms with E-state index < -0.39 is 0 Å². The summed E-state index contributed by atoms with van der Waals surface area (Å²) in [6, 6.07) is 14.2. The average Bonchev–Trinajstić information content (AvgIpc) is 3.11. The minimum Gasteiger partial charge on any atom is -0.342 e. The van der Waals surface area contributed by atoms with Crippen molar-refractivity contribution in [3.63, 3.8) is 0 Å². The molecule has 0 unspecified atom stereocenters. The summed E-state index contributed by atoms with van der Waals surface area (Å²) < 4.78 is 0. The van der Waals surface area contributed by atoms with Crippen molar-refractivity contribution in [1.29, 1.82) is 0 Å². The van der Waals surface area contributed by atoms with Crippen LogP contribution in [0.3, 0.4) is 0 Å². The first-order chi connectivity index (χ1) is 11.1. The average molecular weight is 305 g/mol. The third-order valence-electron chi connectivity index (χ3n) is 4.57. The number of para-hydroxylation sites is 1. The van der Waals surface area contributed by atoms with Crippen LogP contribution in [0.2, 0.25) is 0 Å². The van der Waals surface area contributed by atoms with Gasteiger partial charge in [-0.2, -0.15) is 0 Å². The molecule has 4 nitrogen and oxygen atoms in total. The van der Waals surface area contributed by atoms with Gasteiger partial charge in [0.1, 0.15) is 5.82 Å². The van der Waals surface area contributed by atoms with E-state index in [0.29, 0.717) is 13.0 Å². The number of anilines is 1. The number of nitrogens with one attached hydrogen (secondary N) is 1. The van der Waals surface area contributed by atoms with Crippen LogP contribution in [0.25, 0.3) is 11.0 Å². The predicted octanol–water partition coefficient (Wildman–Crippen LogP) is 3.70. The van der Waals surface area contributed by atoms with Gasteiger partial charge in [-0.3, -0.25) is 4.79 Å². The highest BCUT2D eigenvalue weighted by Gasteiger charge is 2.33. The number of carbonyl (C=O) groups is 1. The zero-order valence-electron chi connectivity index (χ0n) is 13.3. The van der Waals surface area contributed by atoms with Gasteiger partial charge in [-0.25, -0.2) is 4.98 Å². The van der Waals surface area contributed by atoms with Crippen molar-refractivity contribution in [2.75, 3.05) is 11.4 Å². The molecule has 0 radical (unpaired) electrons. The molecule has 1 aliphatic heterocycles. The molecule has 2 aromatic carbocycles. The van der Waals surface area contributed by atoms with E-state index in [1.165, 1.54) is 5.56 Å². The fourth-order valence-corrected chi connectivity index (χ4v) is 3.33. The maximum Gasteiger partial charge on any atom is 0.227 e. The lowest BCUT2D eigenvalue weighted by Gasteiger charge is -2.18. The Bertz CT molecular complexity index is 897. The van der Waals surface area contributed by atoms with Crippen LogP contribution in [-0.4, -0.2) is 22.4 Å². The van der Waals surface area contributed by atoms with Gasteiger partial charge in [-0.05, 0) is 43.2 Å². The Balaban J connectivity index is 1.66. The van der Waals surface area contributed by atoms with E-state index in [4.69, 9.17) is 0 Å². The predicted molar refractivity (Wildman–Crippen MR) is 91.7 cm³/mol. The molecule has 1 atom stereocenters. The van der Waals surface area contributed by atoms with Gasteiger partial charge in [-0.15, -0.1) is 0 Å². The monoisotopic (exact) mass is 305 g/mol. The number of hydrogen-bond acceptors (Lipinski definition) is 2. The quantitative estimate of drug-likeness (QED) is 0.785. The molecule has 3 aromatic rings. The fraction of sp³-hybridized carbons (Fsp3) is 0.263. The van der Waals surface area contributed by atoms with Crippen molar-refractivity contribution in [2.45, 2.75) is 26.2 Å². The summed E-state index contributed by atoms with van der Waals surface area (Å²) in [5.74, 6) is 1.20. The van der Waals surface area contributed by atoms with Gasteiger partial charge in [0.2, 0.25) is 5.91 Å². The second-order valence-corrected chi connectivity index (χ2v) is 6.33. The first-order valence-electron chi connectivity index (χ1n) is 7.94. The number of aromatic nitrogens is 2. The van der Waals surface area contributed by atoms with Crippen molar-refractivity contribution in [3.05, 3.63) is 59.4 Å². The molecule has 4 rings (SSSR count). The largest absolute Gasteiger partial charge is 0.342 e. The summed E-state index contributed by atoms with van der Waals surface area (Å²) in [6.07, 6.45) is 0.507. The third kappa shape index (κ3) is 2.40. The Morgan fingerprint density at radius 1 is 1.17 bits per heavy atom. The summed E-state index contributed by atoms with van der Waals surface area (Å²) >= 11 is 0. The van der Waals surface area contributed by atoms with Gasteiger partial charge < -0.3 is 9.88 Å². The highest BCUT2D eigenvalue weighted by Crippen LogP contribution is 2.32. The lowest BCUT2D eigenvalue weighted by atomic mass is 10.1. The van der Waals surface area contributed by atoms with Gasteiger partial charge in [0.15, 0.2) is 0 Å². The van der Waals surface area contributed by atoms with Gasteiger partial charge in [0, 0.05) is 24.6 Å². The molecule has 1 saturated heterocycles. The van der Waals surface area contributed by atoms with Crippen LogP contribution < -0.4 is 4.90 Å². The first kappa shape index (κ1) is 14.0. The van der Waals surface area contributed by atoms with E-state index in [1.54, 1.807) is 0 Å². The lowest BCUT2D eigenvalue weighted by molar-refractivity contribution is -0.117. The zero-order chi connectivity index (χ0) is 16.0. The van der Waals surface area contributed by atoms with Crippen LogP contribution in [0.5, 0.6) is 0 Å². The Labute approximate surface area is 135 Å². The van der Waals surface area contributed by atoms with E-state index in [-0.39, 0.29) is 11.8 Å². The normalized spacial score (nSPS) is 18.1. The second-order valence-electron chi connectivity index (χ2n) is 6.33. The molecule has 2 heterocycles. The Kier molecular flexibility index (Phi) is 3.18. The standard InChI is InChI=1S/C19H19N3O/c1-12-7-8-15-16(9-12)21-19(20-15)14-10-18(23)22(11-14)17-6-4-3-5-13(17)2/h3-9,14H,10-11H2,1-2H3,(H,20,21)/t14-/m0/s1. The van der Waals surface area contributed by atoms with Crippen LogP contribution in [0.1, 0.15) is 29.3 Å². The van der Waals surface area contributed by atoms with E-state index in [0.717, 1.165) is 28.1 Å². The second kappa shape index (κ2) is 5.23. The number of rotatable bonds is 2. The summed E-state index contributed by atoms with van der Waals surface area (Å²) in [4.78, 5) is 22.4. The minimum atomic E-state index is 0.120. The SMILES string of the molecule is Cc1ccc2nc([C@H]3CC(=O)N(c4ccccc4C)C3)[nH]c2c1. The topological polar surface area (TPSA) is 49.0 Å². The number of benzene rings is 2. The van der Waals surface area contributed by atoms with Crippen molar-refractivity contribution < 1.29 is 4.79 Å². The minimum absolute atomic E-state index is 0.120. The number of carbonyl (C=O) groups excluding carboxylic acids is 1. The molecule has 1 fully saturated rings.